The van der Waals surface area contributed by atoms with E-state index in [9.17, 15) is 4.79 Å². The van der Waals surface area contributed by atoms with E-state index >= 15 is 0 Å². The molecule has 2 aromatic heterocycles. The maximum atomic E-state index is 12.8. The average Bonchev–Trinajstić information content (AvgIpc) is 3.48. The van der Waals surface area contributed by atoms with Crippen molar-refractivity contribution in [3.05, 3.63) is 82.6 Å². The summed E-state index contributed by atoms with van der Waals surface area (Å²) in [4.78, 5) is 14.0. The van der Waals surface area contributed by atoms with E-state index in [4.69, 9.17) is 9.47 Å². The minimum atomic E-state index is -0.287. The highest BCUT2D eigenvalue weighted by Gasteiger charge is 2.15. The number of nitrogens with one attached hydrogen (secondary N) is 1. The smallest absolute Gasteiger partial charge is 0.261 e. The fraction of sp³-hybridized carbons (Fsp3) is 0.136. The minimum absolute atomic E-state index is 0.287. The molecule has 0 saturated carbocycles. The summed E-state index contributed by atoms with van der Waals surface area (Å²) in [5.41, 5.74) is 0.435. The van der Waals surface area contributed by atoms with Gasteiger partial charge in [-0.25, -0.2) is 0 Å². The second kappa shape index (κ2) is 10.9. The van der Waals surface area contributed by atoms with Gasteiger partial charge in [-0.2, -0.15) is 0 Å². The van der Waals surface area contributed by atoms with Crippen LogP contribution in [-0.4, -0.2) is 29.3 Å². The third-order valence-corrected chi connectivity index (χ3v) is 7.11. The van der Waals surface area contributed by atoms with Gasteiger partial charge in [0.15, 0.2) is 4.34 Å². The Labute approximate surface area is 192 Å². The summed E-state index contributed by atoms with van der Waals surface area (Å²) >= 11 is 4.67. The van der Waals surface area contributed by atoms with Crippen LogP contribution in [0.1, 0.15) is 15.2 Å². The molecule has 1 N–H and O–H groups in total. The Morgan fingerprint density at radius 3 is 2.58 bits per heavy atom. The van der Waals surface area contributed by atoms with Crippen molar-refractivity contribution in [3.8, 4) is 11.5 Å². The number of hydrogen-bond donors (Lipinski definition) is 1. The van der Waals surface area contributed by atoms with Gasteiger partial charge in [0, 0.05) is 10.6 Å². The number of para-hydroxylation sites is 2. The number of thioether (sulfide) groups is 1. The highest BCUT2D eigenvalue weighted by atomic mass is 32.2. The van der Waals surface area contributed by atoms with Crippen LogP contribution in [0, 0.1) is 0 Å². The molecule has 0 bridgehead atoms. The van der Waals surface area contributed by atoms with E-state index in [2.05, 4.69) is 27.0 Å². The average molecular weight is 470 g/mol. The molecule has 0 atom stereocenters. The molecular weight excluding hydrogens is 450 g/mol. The summed E-state index contributed by atoms with van der Waals surface area (Å²) in [6.45, 7) is 0.697. The second-order valence-corrected chi connectivity index (χ2v) is 9.43. The number of ether oxygens (including phenoxy) is 2. The summed E-state index contributed by atoms with van der Waals surface area (Å²) in [5, 5.41) is 13.5. The molecule has 0 saturated heterocycles. The molecule has 9 heteroatoms. The van der Waals surface area contributed by atoms with Gasteiger partial charge in [-0.3, -0.25) is 10.1 Å². The van der Waals surface area contributed by atoms with Crippen LogP contribution in [0.4, 0.5) is 5.13 Å². The van der Waals surface area contributed by atoms with Crippen LogP contribution in [0.3, 0.4) is 0 Å². The van der Waals surface area contributed by atoms with Gasteiger partial charge in [-0.15, -0.1) is 21.5 Å². The van der Waals surface area contributed by atoms with Gasteiger partial charge in [0.25, 0.3) is 5.91 Å². The van der Waals surface area contributed by atoms with E-state index in [1.165, 1.54) is 16.2 Å². The summed E-state index contributed by atoms with van der Waals surface area (Å²) in [7, 11) is 0. The van der Waals surface area contributed by atoms with Crippen molar-refractivity contribution in [1.29, 1.82) is 0 Å². The van der Waals surface area contributed by atoms with Gasteiger partial charge in [0.2, 0.25) is 5.13 Å². The van der Waals surface area contributed by atoms with E-state index in [0.717, 1.165) is 15.8 Å². The van der Waals surface area contributed by atoms with Gasteiger partial charge in [-0.1, -0.05) is 59.5 Å². The third kappa shape index (κ3) is 6.30. The summed E-state index contributed by atoms with van der Waals surface area (Å²) < 4.78 is 12.2. The number of carbonyl (C=O) groups excluding carboxylic acids is 1. The molecule has 6 nitrogen and oxygen atoms in total. The number of rotatable bonds is 10. The summed E-state index contributed by atoms with van der Waals surface area (Å²) in [6, 6.07) is 20.7. The SMILES string of the molecule is O=C(Nc1nnc(SCc2cccs2)s1)c1ccccc1OCCOc1ccccc1. The van der Waals surface area contributed by atoms with E-state index in [-0.39, 0.29) is 5.91 Å². The Hall–Kier alpha value is -2.88. The van der Waals surface area contributed by atoms with E-state index in [0.29, 0.717) is 29.7 Å². The third-order valence-electron chi connectivity index (χ3n) is 4.03. The van der Waals surface area contributed by atoms with Crippen LogP contribution >= 0.6 is 34.4 Å². The number of anilines is 1. The van der Waals surface area contributed by atoms with Gasteiger partial charge in [0.05, 0.1) is 5.56 Å². The fourth-order valence-electron chi connectivity index (χ4n) is 2.62. The lowest BCUT2D eigenvalue weighted by atomic mass is 10.2. The predicted molar refractivity (Wildman–Crippen MR) is 126 cm³/mol. The van der Waals surface area contributed by atoms with Crippen LogP contribution in [0.25, 0.3) is 0 Å². The molecule has 0 unspecified atom stereocenters. The minimum Gasteiger partial charge on any atom is -0.490 e. The summed E-state index contributed by atoms with van der Waals surface area (Å²) in [5.74, 6) is 1.82. The van der Waals surface area contributed by atoms with Crippen LogP contribution in [0.2, 0.25) is 0 Å². The van der Waals surface area contributed by atoms with Gasteiger partial charge >= 0.3 is 0 Å². The lowest BCUT2D eigenvalue weighted by Gasteiger charge is -2.11. The molecule has 31 heavy (non-hydrogen) atoms. The zero-order valence-corrected chi connectivity index (χ0v) is 18.8. The Kier molecular flexibility index (Phi) is 7.54. The standard InChI is InChI=1S/C22H19N3O3S3/c26-20(23-21-24-25-22(31-21)30-15-17-9-6-14-29-17)18-10-4-5-11-19(18)28-13-12-27-16-7-2-1-3-8-16/h1-11,14H,12-13,15H2,(H,23,24,26). The number of hydrogen-bond acceptors (Lipinski definition) is 8. The first-order valence-corrected chi connectivity index (χ1v) is 12.2. The molecule has 0 radical (unpaired) electrons. The molecule has 1 amide bonds. The molecule has 0 aliphatic rings. The normalized spacial score (nSPS) is 10.6. The Balaban J connectivity index is 1.30. The largest absolute Gasteiger partial charge is 0.490 e. The number of thiophene rings is 1. The van der Waals surface area contributed by atoms with Crippen LogP contribution in [0.5, 0.6) is 11.5 Å². The number of carbonyl (C=O) groups is 1. The maximum absolute atomic E-state index is 12.8. The number of aromatic nitrogens is 2. The molecule has 0 aliphatic heterocycles. The molecule has 0 aliphatic carbocycles. The van der Waals surface area contributed by atoms with E-state index in [1.807, 2.05) is 42.5 Å². The first-order chi connectivity index (χ1) is 15.3. The molecule has 0 fully saturated rings. The molecule has 0 spiro atoms. The van der Waals surface area contributed by atoms with E-state index < -0.39 is 0 Å². The highest BCUT2D eigenvalue weighted by Crippen LogP contribution is 2.30. The second-order valence-electron chi connectivity index (χ2n) is 6.20. The molecular formula is C22H19N3O3S3. The lowest BCUT2D eigenvalue weighted by Crippen LogP contribution is -2.15. The summed E-state index contributed by atoms with van der Waals surface area (Å²) in [6.07, 6.45) is 0. The van der Waals surface area contributed by atoms with Gasteiger partial charge in [-0.05, 0) is 35.7 Å². The van der Waals surface area contributed by atoms with Crippen molar-refractivity contribution < 1.29 is 14.3 Å². The number of nitrogens with zero attached hydrogens (tertiary/aromatic N) is 2. The predicted octanol–water partition coefficient (Wildman–Crippen LogP) is 5.60. The monoisotopic (exact) mass is 469 g/mol. The topological polar surface area (TPSA) is 73.3 Å². The fourth-order valence-corrected chi connectivity index (χ4v) is 5.14. The van der Waals surface area contributed by atoms with E-state index in [1.54, 1.807) is 41.3 Å². The first-order valence-electron chi connectivity index (χ1n) is 9.47. The Morgan fingerprint density at radius 1 is 0.935 bits per heavy atom. The first kappa shape index (κ1) is 21.4. The van der Waals surface area contributed by atoms with Gasteiger partial charge in [0.1, 0.15) is 24.7 Å². The maximum Gasteiger partial charge on any atom is 0.261 e. The van der Waals surface area contributed by atoms with Crippen molar-refractivity contribution >= 4 is 45.5 Å². The van der Waals surface area contributed by atoms with Crippen LogP contribution in [0.15, 0.2) is 76.4 Å². The van der Waals surface area contributed by atoms with Crippen LogP contribution in [-0.2, 0) is 5.75 Å². The van der Waals surface area contributed by atoms with Crippen molar-refractivity contribution in [2.24, 2.45) is 0 Å². The number of amides is 1. The quantitative estimate of drug-likeness (QED) is 0.185. The van der Waals surface area contributed by atoms with Gasteiger partial charge < -0.3 is 9.47 Å². The molecule has 2 aromatic carbocycles. The van der Waals surface area contributed by atoms with Crippen LogP contribution < -0.4 is 14.8 Å². The highest BCUT2D eigenvalue weighted by molar-refractivity contribution is 8.00. The molecule has 158 valence electrons. The van der Waals surface area contributed by atoms with Crippen molar-refractivity contribution in [1.82, 2.24) is 10.2 Å². The zero-order chi connectivity index (χ0) is 21.3. The molecule has 2 heterocycles. The lowest BCUT2D eigenvalue weighted by molar-refractivity contribution is 0.102. The van der Waals surface area contributed by atoms with Crippen molar-refractivity contribution in [2.45, 2.75) is 10.1 Å². The number of benzene rings is 2. The Bertz CT molecular complexity index is 1100. The molecule has 4 aromatic rings. The zero-order valence-electron chi connectivity index (χ0n) is 16.4. The molecule has 4 rings (SSSR count). The van der Waals surface area contributed by atoms with Crippen molar-refractivity contribution in [2.75, 3.05) is 18.5 Å². The van der Waals surface area contributed by atoms with Crippen molar-refractivity contribution in [3.63, 3.8) is 0 Å². The Morgan fingerprint density at radius 2 is 1.74 bits per heavy atom.